The van der Waals surface area contributed by atoms with Gasteiger partial charge in [-0.2, -0.15) is 0 Å². The van der Waals surface area contributed by atoms with Gasteiger partial charge >= 0.3 is 5.97 Å². The van der Waals surface area contributed by atoms with E-state index in [1.807, 2.05) is 6.08 Å². The average Bonchev–Trinajstić information content (AvgIpc) is 3.51. The highest BCUT2D eigenvalue weighted by molar-refractivity contribution is 5.76. The predicted molar refractivity (Wildman–Crippen MR) is 375 cm³/mol. The third-order valence-electron chi connectivity index (χ3n) is 18.2. The van der Waals surface area contributed by atoms with Crippen LogP contribution in [0.4, 0.5) is 0 Å². The van der Waals surface area contributed by atoms with E-state index in [0.717, 1.165) is 44.9 Å². The van der Waals surface area contributed by atoms with Crippen LogP contribution in [0.3, 0.4) is 0 Å². The molecule has 0 radical (unpaired) electrons. The van der Waals surface area contributed by atoms with E-state index in [0.29, 0.717) is 19.4 Å². The number of esters is 1. The first-order valence-electron chi connectivity index (χ1n) is 38.8. The number of allylic oxidation sites excluding steroid dienone is 5. The minimum Gasteiger partial charge on any atom is -0.466 e. The molecule has 2 atom stereocenters. The Morgan fingerprint density at radius 2 is 0.588 bits per heavy atom. The maximum Gasteiger partial charge on any atom is 0.305 e. The van der Waals surface area contributed by atoms with E-state index >= 15 is 0 Å². The Bertz CT molecular complexity index is 1380. The summed E-state index contributed by atoms with van der Waals surface area (Å²) in [5, 5.41) is 23.1. The second-order valence-electron chi connectivity index (χ2n) is 26.7. The smallest absolute Gasteiger partial charge is 0.305 e. The fourth-order valence-electron chi connectivity index (χ4n) is 12.3. The summed E-state index contributed by atoms with van der Waals surface area (Å²) in [6.07, 6.45) is 97.0. The molecule has 6 nitrogen and oxygen atoms in total. The van der Waals surface area contributed by atoms with Crippen LogP contribution < -0.4 is 5.32 Å². The largest absolute Gasteiger partial charge is 0.466 e. The standard InChI is InChI=1S/C79H151NO5/c1-3-5-7-9-11-13-15-17-18-19-39-43-46-49-53-57-61-65-69-73-79(84)85-74-70-66-62-58-54-50-47-44-41-38-36-34-32-30-28-26-24-22-20-21-23-25-27-29-31-33-35-37-40-42-45-48-52-56-60-64-68-72-78(83)80-76(75-81)77(82)71-67-63-59-55-51-16-14-12-10-8-6-4-2/h20,22,26,28,67,71,76-77,81-82H,3-19,21,23-25,27,29-66,68-70,72-75H2,1-2H3,(H,80,83)/b22-20-,28-26-,71-67+. The van der Waals surface area contributed by atoms with Gasteiger partial charge in [0.2, 0.25) is 5.91 Å². The first kappa shape index (κ1) is 83.1. The first-order chi connectivity index (χ1) is 42.0. The highest BCUT2D eigenvalue weighted by Gasteiger charge is 2.18. The third kappa shape index (κ3) is 71.0. The molecule has 85 heavy (non-hydrogen) atoms. The lowest BCUT2D eigenvalue weighted by molar-refractivity contribution is -0.143. The molecular weight excluding hydrogens is 1040 g/mol. The van der Waals surface area contributed by atoms with E-state index in [1.165, 1.54) is 360 Å². The minimum atomic E-state index is -0.841. The molecular formula is C79H151NO5. The third-order valence-corrected chi connectivity index (χ3v) is 18.2. The van der Waals surface area contributed by atoms with E-state index in [2.05, 4.69) is 43.5 Å². The predicted octanol–water partition coefficient (Wildman–Crippen LogP) is 25.4. The van der Waals surface area contributed by atoms with E-state index in [1.54, 1.807) is 6.08 Å². The van der Waals surface area contributed by atoms with Gasteiger partial charge in [-0.15, -0.1) is 0 Å². The molecule has 2 unspecified atom stereocenters. The van der Waals surface area contributed by atoms with E-state index in [9.17, 15) is 19.8 Å². The molecule has 0 rings (SSSR count). The van der Waals surface area contributed by atoms with Crippen molar-refractivity contribution in [3.63, 3.8) is 0 Å². The SMILES string of the molecule is CCCCCCCCCCCC/C=C/C(O)C(CO)NC(=O)CCCCCCCCCCCCCCCCCCC/C=C\C/C=C\CCCCCCCCCCCCCCCOC(=O)CCCCCCCCCCCCCCCCCCCCC. The number of unbranched alkanes of at least 4 members (excludes halogenated alkanes) is 58. The summed E-state index contributed by atoms with van der Waals surface area (Å²) in [4.78, 5) is 24.6. The Morgan fingerprint density at radius 1 is 0.329 bits per heavy atom. The molecule has 0 aromatic carbocycles. The molecule has 0 saturated carbocycles. The molecule has 3 N–H and O–H groups in total. The van der Waals surface area contributed by atoms with Crippen LogP contribution in [0.15, 0.2) is 36.5 Å². The number of rotatable bonds is 73. The van der Waals surface area contributed by atoms with Crippen molar-refractivity contribution in [1.82, 2.24) is 5.32 Å². The average molecular weight is 1200 g/mol. The summed E-state index contributed by atoms with van der Waals surface area (Å²) in [7, 11) is 0. The van der Waals surface area contributed by atoms with Crippen LogP contribution in [0, 0.1) is 0 Å². The molecule has 0 fully saturated rings. The number of ether oxygens (including phenoxy) is 1. The van der Waals surface area contributed by atoms with Crippen LogP contribution in [0.2, 0.25) is 0 Å². The second-order valence-corrected chi connectivity index (χ2v) is 26.7. The quantitative estimate of drug-likeness (QED) is 0.0320. The fraction of sp³-hybridized carbons (Fsp3) is 0.899. The number of carbonyl (C=O) groups is 2. The summed E-state index contributed by atoms with van der Waals surface area (Å²) in [5.41, 5.74) is 0. The van der Waals surface area contributed by atoms with Gasteiger partial charge in [-0.05, 0) is 64.2 Å². The van der Waals surface area contributed by atoms with Crippen LogP contribution in [0.5, 0.6) is 0 Å². The van der Waals surface area contributed by atoms with Crippen LogP contribution >= 0.6 is 0 Å². The summed E-state index contributed by atoms with van der Waals surface area (Å²) in [6, 6.07) is -0.625. The molecule has 0 saturated heterocycles. The van der Waals surface area contributed by atoms with Crippen molar-refractivity contribution in [3.8, 4) is 0 Å². The first-order valence-corrected chi connectivity index (χ1v) is 38.8. The van der Waals surface area contributed by atoms with Crippen LogP contribution in [0.1, 0.15) is 431 Å². The summed E-state index contributed by atoms with van der Waals surface area (Å²) in [6.45, 7) is 4.94. The lowest BCUT2D eigenvalue weighted by Gasteiger charge is -2.20. The maximum atomic E-state index is 12.5. The van der Waals surface area contributed by atoms with Gasteiger partial charge in [0, 0.05) is 12.8 Å². The molecule has 0 aliphatic heterocycles. The summed E-state index contributed by atoms with van der Waals surface area (Å²) in [5.74, 6) is -0.0402. The zero-order valence-electron chi connectivity index (χ0n) is 57.6. The zero-order chi connectivity index (χ0) is 61.3. The van der Waals surface area contributed by atoms with Crippen molar-refractivity contribution in [1.29, 1.82) is 0 Å². The van der Waals surface area contributed by atoms with Crippen molar-refractivity contribution in [2.24, 2.45) is 0 Å². The Hall–Kier alpha value is -1.92. The Balaban J connectivity index is 3.34. The van der Waals surface area contributed by atoms with Crippen molar-refractivity contribution < 1.29 is 24.5 Å². The van der Waals surface area contributed by atoms with Crippen molar-refractivity contribution >= 4 is 11.9 Å². The molecule has 0 aromatic rings. The Morgan fingerprint density at radius 3 is 0.894 bits per heavy atom. The monoisotopic (exact) mass is 1190 g/mol. The van der Waals surface area contributed by atoms with Gasteiger partial charge in [-0.1, -0.05) is 391 Å². The molecule has 0 aromatic heterocycles. The molecule has 0 aliphatic carbocycles. The second kappa shape index (κ2) is 74.5. The molecule has 0 spiro atoms. The van der Waals surface area contributed by atoms with Crippen molar-refractivity contribution in [2.75, 3.05) is 13.2 Å². The van der Waals surface area contributed by atoms with Crippen molar-refractivity contribution in [2.45, 2.75) is 443 Å². The molecule has 0 heterocycles. The van der Waals surface area contributed by atoms with Crippen molar-refractivity contribution in [3.05, 3.63) is 36.5 Å². The molecule has 0 bridgehead atoms. The maximum absolute atomic E-state index is 12.5. The van der Waals surface area contributed by atoms with Gasteiger partial charge in [0.05, 0.1) is 25.4 Å². The number of amides is 1. The van der Waals surface area contributed by atoms with Gasteiger partial charge in [-0.3, -0.25) is 9.59 Å². The fourth-order valence-corrected chi connectivity index (χ4v) is 12.3. The molecule has 0 aliphatic rings. The van der Waals surface area contributed by atoms with Gasteiger partial charge in [0.25, 0.3) is 0 Å². The Labute approximate surface area is 532 Å². The van der Waals surface area contributed by atoms with Crippen LogP contribution in [0.25, 0.3) is 0 Å². The number of nitrogens with one attached hydrogen (secondary N) is 1. The lowest BCUT2D eigenvalue weighted by atomic mass is 10.0. The summed E-state index contributed by atoms with van der Waals surface area (Å²) >= 11 is 0. The lowest BCUT2D eigenvalue weighted by Crippen LogP contribution is -2.45. The molecule has 1 amide bonds. The highest BCUT2D eigenvalue weighted by atomic mass is 16.5. The highest BCUT2D eigenvalue weighted by Crippen LogP contribution is 2.19. The van der Waals surface area contributed by atoms with Gasteiger partial charge in [0.15, 0.2) is 0 Å². The normalized spacial score (nSPS) is 12.7. The number of hydrogen-bond donors (Lipinski definition) is 3. The van der Waals surface area contributed by atoms with E-state index in [-0.39, 0.29) is 18.5 Å². The van der Waals surface area contributed by atoms with Gasteiger partial charge in [-0.25, -0.2) is 0 Å². The van der Waals surface area contributed by atoms with E-state index < -0.39 is 12.1 Å². The molecule has 6 heteroatoms. The van der Waals surface area contributed by atoms with Crippen LogP contribution in [-0.4, -0.2) is 47.4 Å². The number of carbonyl (C=O) groups excluding carboxylic acids is 2. The van der Waals surface area contributed by atoms with E-state index in [4.69, 9.17) is 4.74 Å². The zero-order valence-corrected chi connectivity index (χ0v) is 57.6. The van der Waals surface area contributed by atoms with Gasteiger partial charge in [0.1, 0.15) is 0 Å². The molecule has 502 valence electrons. The number of aliphatic hydroxyl groups excluding tert-OH is 2. The number of aliphatic hydroxyl groups is 2. The Kier molecular flexibility index (Phi) is 72.9. The minimum absolute atomic E-state index is 0.0240. The topological polar surface area (TPSA) is 95.9 Å². The summed E-state index contributed by atoms with van der Waals surface area (Å²) < 4.78 is 5.52. The van der Waals surface area contributed by atoms with Gasteiger partial charge < -0.3 is 20.3 Å². The van der Waals surface area contributed by atoms with Crippen LogP contribution in [-0.2, 0) is 14.3 Å². The number of hydrogen-bond acceptors (Lipinski definition) is 5.